The molecule has 1 aromatic heterocycles. The van der Waals surface area contributed by atoms with Gasteiger partial charge in [0, 0.05) is 17.0 Å². The van der Waals surface area contributed by atoms with E-state index >= 15 is 0 Å². The molecule has 2 heterocycles. The van der Waals surface area contributed by atoms with Gasteiger partial charge in [0.15, 0.2) is 11.5 Å². The predicted octanol–water partition coefficient (Wildman–Crippen LogP) is 5.54. The normalized spacial score (nSPS) is 20.2. The van der Waals surface area contributed by atoms with Gasteiger partial charge >= 0.3 is 0 Å². The van der Waals surface area contributed by atoms with Gasteiger partial charge in [0.1, 0.15) is 11.5 Å². The van der Waals surface area contributed by atoms with Crippen LogP contribution in [0.2, 0.25) is 0 Å². The van der Waals surface area contributed by atoms with Gasteiger partial charge < -0.3 is 14.0 Å². The molecule has 0 radical (unpaired) electrons. The summed E-state index contributed by atoms with van der Waals surface area (Å²) in [6, 6.07) is 14.7. The van der Waals surface area contributed by atoms with Crippen LogP contribution in [0.15, 0.2) is 52.0 Å². The van der Waals surface area contributed by atoms with Gasteiger partial charge in [-0.1, -0.05) is 48.3 Å². The summed E-state index contributed by atoms with van der Waals surface area (Å²) in [6.45, 7) is 1.96. The Morgan fingerprint density at radius 1 is 0.967 bits per heavy atom. The highest BCUT2D eigenvalue weighted by molar-refractivity contribution is 6.18. The zero-order chi connectivity index (χ0) is 20.7. The molecule has 2 aliphatic rings. The van der Waals surface area contributed by atoms with Gasteiger partial charge in [-0.05, 0) is 37.5 Å². The first-order valence-corrected chi connectivity index (χ1v) is 10.6. The Kier molecular flexibility index (Phi) is 4.81. The van der Waals surface area contributed by atoms with Crippen LogP contribution in [-0.4, -0.2) is 31.1 Å². The van der Waals surface area contributed by atoms with E-state index in [4.69, 9.17) is 19.0 Å². The van der Waals surface area contributed by atoms with Crippen LogP contribution in [0.4, 0.5) is 0 Å². The molecule has 0 saturated heterocycles. The van der Waals surface area contributed by atoms with Gasteiger partial charge in [0.25, 0.3) is 0 Å². The second kappa shape index (κ2) is 7.63. The molecule has 2 atom stereocenters. The van der Waals surface area contributed by atoms with E-state index in [0.717, 1.165) is 52.4 Å². The first kappa shape index (κ1) is 18.9. The Morgan fingerprint density at radius 2 is 1.70 bits per heavy atom. The zero-order valence-electron chi connectivity index (χ0n) is 17.6. The largest absolute Gasteiger partial charge is 0.493 e. The second-order valence-corrected chi connectivity index (χ2v) is 8.06. The number of aliphatic imine (C=N–C) groups is 1. The van der Waals surface area contributed by atoms with E-state index in [0.29, 0.717) is 11.7 Å². The van der Waals surface area contributed by atoms with Crippen molar-refractivity contribution in [2.45, 2.75) is 44.6 Å². The lowest BCUT2D eigenvalue weighted by Gasteiger charge is -2.35. The van der Waals surface area contributed by atoms with Crippen LogP contribution in [0, 0.1) is 6.92 Å². The Labute approximate surface area is 176 Å². The number of nitrogens with zero attached hydrogens (tertiary/aromatic N) is 2. The lowest BCUT2D eigenvalue weighted by Crippen LogP contribution is -2.30. The van der Waals surface area contributed by atoms with Gasteiger partial charge in [-0.25, -0.2) is 0 Å². The number of aromatic nitrogens is 1. The monoisotopic (exact) mass is 402 g/mol. The Bertz CT molecular complexity index is 1100. The molecule has 2 aromatic carbocycles. The summed E-state index contributed by atoms with van der Waals surface area (Å²) in [5.41, 5.74) is 6.17. The first-order chi connectivity index (χ1) is 14.7. The van der Waals surface area contributed by atoms with Crippen LogP contribution in [0.25, 0.3) is 11.3 Å². The topological polar surface area (TPSA) is 56.9 Å². The Morgan fingerprint density at radius 3 is 2.47 bits per heavy atom. The number of ether oxygens (including phenoxy) is 2. The van der Waals surface area contributed by atoms with Crippen LogP contribution in [0.5, 0.6) is 11.5 Å². The lowest BCUT2D eigenvalue weighted by atomic mass is 9.74. The molecule has 154 valence electrons. The Balaban J connectivity index is 1.74. The second-order valence-electron chi connectivity index (χ2n) is 8.06. The smallest absolute Gasteiger partial charge is 0.161 e. The van der Waals surface area contributed by atoms with Gasteiger partial charge in [0.2, 0.25) is 0 Å². The number of rotatable bonds is 4. The highest BCUT2D eigenvalue weighted by Crippen LogP contribution is 2.45. The number of hydrogen-bond acceptors (Lipinski definition) is 5. The summed E-state index contributed by atoms with van der Waals surface area (Å²) in [6.07, 6.45) is 4.71. The van der Waals surface area contributed by atoms with Crippen LogP contribution in [0.1, 0.15) is 54.1 Å². The molecule has 1 fully saturated rings. The molecule has 0 amide bonds. The third kappa shape index (κ3) is 3.00. The minimum Gasteiger partial charge on any atom is -0.493 e. The van der Waals surface area contributed by atoms with Crippen LogP contribution in [0.3, 0.4) is 0 Å². The van der Waals surface area contributed by atoms with Crippen molar-refractivity contribution in [2.24, 2.45) is 4.99 Å². The number of benzene rings is 2. The fourth-order valence-corrected chi connectivity index (χ4v) is 4.91. The van der Waals surface area contributed by atoms with E-state index < -0.39 is 0 Å². The molecule has 0 bridgehead atoms. The molecule has 1 aliphatic heterocycles. The van der Waals surface area contributed by atoms with Crippen molar-refractivity contribution in [1.29, 1.82) is 0 Å². The fraction of sp³-hybridized carbons (Fsp3) is 0.360. The van der Waals surface area contributed by atoms with Crippen LogP contribution in [-0.2, 0) is 0 Å². The number of fused-ring (bicyclic) bond motifs is 3. The van der Waals surface area contributed by atoms with Gasteiger partial charge in [-0.15, -0.1) is 0 Å². The summed E-state index contributed by atoms with van der Waals surface area (Å²) < 4.78 is 16.9. The van der Waals surface area contributed by atoms with Crippen molar-refractivity contribution in [2.75, 3.05) is 14.2 Å². The van der Waals surface area contributed by atoms with Gasteiger partial charge in [-0.3, -0.25) is 4.99 Å². The molecule has 0 N–H and O–H groups in total. The van der Waals surface area contributed by atoms with Gasteiger partial charge in [-0.2, -0.15) is 0 Å². The number of aryl methyl sites for hydroxylation is 1. The van der Waals surface area contributed by atoms with E-state index in [1.165, 1.54) is 18.4 Å². The molecular formula is C25H26N2O3. The molecule has 0 unspecified atom stereocenters. The maximum absolute atomic E-state index is 5.67. The minimum atomic E-state index is 0.275. The van der Waals surface area contributed by atoms with Crippen LogP contribution >= 0.6 is 0 Å². The first-order valence-electron chi connectivity index (χ1n) is 10.6. The maximum atomic E-state index is 5.67. The fourth-order valence-electron chi connectivity index (χ4n) is 4.91. The average Bonchev–Trinajstić information content (AvgIpc) is 3.19. The minimum absolute atomic E-state index is 0.275. The van der Waals surface area contributed by atoms with Crippen LogP contribution < -0.4 is 9.47 Å². The van der Waals surface area contributed by atoms with Crippen molar-refractivity contribution >= 4 is 5.71 Å². The maximum Gasteiger partial charge on any atom is 0.161 e. The highest BCUT2D eigenvalue weighted by atomic mass is 16.5. The van der Waals surface area contributed by atoms with Gasteiger partial charge in [0.05, 0.1) is 31.5 Å². The molecule has 30 heavy (non-hydrogen) atoms. The van der Waals surface area contributed by atoms with Crippen molar-refractivity contribution in [3.63, 3.8) is 0 Å². The molecule has 5 heteroatoms. The van der Waals surface area contributed by atoms with E-state index in [9.17, 15) is 0 Å². The summed E-state index contributed by atoms with van der Waals surface area (Å²) in [5, 5.41) is 4.40. The van der Waals surface area contributed by atoms with Crippen molar-refractivity contribution in [3.05, 3.63) is 64.9 Å². The average molecular weight is 402 g/mol. The van der Waals surface area contributed by atoms with E-state index in [-0.39, 0.29) is 6.04 Å². The lowest BCUT2D eigenvalue weighted by molar-refractivity contribution is 0.349. The van der Waals surface area contributed by atoms with Crippen molar-refractivity contribution in [3.8, 4) is 22.8 Å². The third-order valence-electron chi connectivity index (χ3n) is 6.38. The summed E-state index contributed by atoms with van der Waals surface area (Å²) in [5.74, 6) is 2.68. The molecular weight excluding hydrogens is 376 g/mol. The zero-order valence-corrected chi connectivity index (χ0v) is 17.6. The quantitative estimate of drug-likeness (QED) is 0.575. The molecule has 1 aliphatic carbocycles. The van der Waals surface area contributed by atoms with Crippen molar-refractivity contribution in [1.82, 2.24) is 5.16 Å². The number of methoxy groups -OCH3 is 2. The van der Waals surface area contributed by atoms with E-state index in [2.05, 4.69) is 29.4 Å². The summed E-state index contributed by atoms with van der Waals surface area (Å²) >= 11 is 0. The molecule has 1 saturated carbocycles. The highest BCUT2D eigenvalue weighted by Gasteiger charge is 2.36. The molecule has 5 nitrogen and oxygen atoms in total. The summed E-state index contributed by atoms with van der Waals surface area (Å²) in [4.78, 5) is 5.29. The van der Waals surface area contributed by atoms with E-state index in [1.807, 2.05) is 25.1 Å². The third-order valence-corrected chi connectivity index (χ3v) is 6.38. The SMILES string of the molecule is COc1cc2c(cc1OC)[C@@H]1CCCC[C@@H]1N=C2c1c(-c2ccccc2)noc1C. The predicted molar refractivity (Wildman–Crippen MR) is 117 cm³/mol. The molecule has 3 aromatic rings. The van der Waals surface area contributed by atoms with Crippen molar-refractivity contribution < 1.29 is 14.0 Å². The number of hydrogen-bond donors (Lipinski definition) is 0. The Hall–Kier alpha value is -3.08. The molecule has 0 spiro atoms. The van der Waals surface area contributed by atoms with E-state index in [1.54, 1.807) is 14.2 Å². The standard InChI is InChI=1S/C25H26N2O3/c1-15-23(24(27-30-15)16-9-5-4-6-10-16)25-19-14-22(29-3)21(28-2)13-18(19)17-11-7-8-12-20(17)26-25/h4-6,9-10,13-14,17,20H,7-8,11-12H2,1-3H3/t17-,20-/m0/s1. The summed E-state index contributed by atoms with van der Waals surface area (Å²) in [7, 11) is 3.37. The molecule has 5 rings (SSSR count).